The van der Waals surface area contributed by atoms with Crippen LogP contribution in [0.3, 0.4) is 0 Å². The Morgan fingerprint density at radius 2 is 1.73 bits per heavy atom. The number of ether oxygens (including phenoxy) is 1. The zero-order valence-corrected chi connectivity index (χ0v) is 24.9. The Hall–Kier alpha value is -2.51. The number of piperazine rings is 1. The highest BCUT2D eigenvalue weighted by Crippen LogP contribution is 2.39. The van der Waals surface area contributed by atoms with Crippen LogP contribution in [-0.2, 0) is 16.6 Å². The van der Waals surface area contributed by atoms with Gasteiger partial charge in [-0.3, -0.25) is 9.69 Å². The third-order valence-electron chi connectivity index (χ3n) is 9.49. The van der Waals surface area contributed by atoms with Gasteiger partial charge in [-0.2, -0.15) is 0 Å². The summed E-state index contributed by atoms with van der Waals surface area (Å²) in [6.45, 7) is 10.4. The summed E-state index contributed by atoms with van der Waals surface area (Å²) in [6.07, 6.45) is 9.64. The van der Waals surface area contributed by atoms with Crippen LogP contribution in [0.25, 0.3) is 0 Å². The van der Waals surface area contributed by atoms with E-state index in [-0.39, 0.29) is 12.0 Å². The van der Waals surface area contributed by atoms with Gasteiger partial charge in [0.25, 0.3) is 0 Å². The van der Waals surface area contributed by atoms with E-state index < -0.39 is 17.0 Å². The average Bonchev–Trinajstić information content (AvgIpc) is 2.98. The quantitative estimate of drug-likeness (QED) is 0.362. The van der Waals surface area contributed by atoms with E-state index in [0.29, 0.717) is 19.5 Å². The number of halogens is 2. The van der Waals surface area contributed by atoms with E-state index in [2.05, 4.69) is 9.80 Å². The van der Waals surface area contributed by atoms with Gasteiger partial charge in [0, 0.05) is 50.7 Å². The SMILES string of the molecule is CC(C)Oc1cccc(CC(=O)N2CCCC(CCN3CCN(C4CCCCC4)CC3)(c3ccc(F)c(F)c3)C2)c1. The maximum atomic E-state index is 14.5. The van der Waals surface area contributed by atoms with Gasteiger partial charge in [-0.25, -0.2) is 8.78 Å². The molecule has 0 N–H and O–H groups in total. The normalized spacial score (nSPS) is 23.2. The van der Waals surface area contributed by atoms with Crippen molar-refractivity contribution in [2.75, 3.05) is 45.8 Å². The number of piperidine rings is 1. The highest BCUT2D eigenvalue weighted by Gasteiger charge is 2.39. The van der Waals surface area contributed by atoms with Crippen molar-refractivity contribution in [1.29, 1.82) is 0 Å². The zero-order valence-electron chi connectivity index (χ0n) is 24.9. The summed E-state index contributed by atoms with van der Waals surface area (Å²) < 4.78 is 34.3. The molecule has 1 unspecified atom stereocenters. The Balaban J connectivity index is 1.27. The van der Waals surface area contributed by atoms with Gasteiger partial charge in [-0.15, -0.1) is 0 Å². The Morgan fingerprint density at radius 1 is 0.951 bits per heavy atom. The van der Waals surface area contributed by atoms with Gasteiger partial charge in [-0.05, 0) is 87.9 Å². The van der Waals surface area contributed by atoms with Crippen molar-refractivity contribution in [3.63, 3.8) is 0 Å². The van der Waals surface area contributed by atoms with Gasteiger partial charge >= 0.3 is 0 Å². The Bertz CT molecular complexity index is 1160. The lowest BCUT2D eigenvalue weighted by Crippen LogP contribution is -2.53. The molecule has 2 heterocycles. The van der Waals surface area contributed by atoms with Crippen LogP contribution in [-0.4, -0.2) is 78.6 Å². The van der Waals surface area contributed by atoms with E-state index in [1.165, 1.54) is 44.2 Å². The molecule has 2 aliphatic heterocycles. The minimum atomic E-state index is -0.824. The molecule has 7 heteroatoms. The molecule has 2 aromatic carbocycles. The highest BCUT2D eigenvalue weighted by atomic mass is 19.2. The minimum Gasteiger partial charge on any atom is -0.491 e. The Morgan fingerprint density at radius 3 is 2.46 bits per heavy atom. The van der Waals surface area contributed by atoms with Gasteiger partial charge in [-0.1, -0.05) is 37.5 Å². The number of benzene rings is 2. The van der Waals surface area contributed by atoms with Crippen molar-refractivity contribution in [1.82, 2.24) is 14.7 Å². The highest BCUT2D eigenvalue weighted by molar-refractivity contribution is 5.79. The van der Waals surface area contributed by atoms with E-state index in [1.807, 2.05) is 43.0 Å². The molecule has 1 aliphatic carbocycles. The molecule has 0 spiro atoms. The molecule has 1 amide bonds. The van der Waals surface area contributed by atoms with Crippen LogP contribution >= 0.6 is 0 Å². The second-order valence-corrected chi connectivity index (χ2v) is 12.7. The maximum absolute atomic E-state index is 14.5. The van der Waals surface area contributed by atoms with Gasteiger partial charge in [0.15, 0.2) is 11.6 Å². The predicted octanol–water partition coefficient (Wildman–Crippen LogP) is 6.20. The first-order chi connectivity index (χ1) is 19.8. The molecule has 0 aromatic heterocycles. The van der Waals surface area contributed by atoms with Gasteiger partial charge in [0.05, 0.1) is 12.5 Å². The lowest BCUT2D eigenvalue weighted by molar-refractivity contribution is -0.132. The average molecular weight is 568 g/mol. The van der Waals surface area contributed by atoms with Crippen LogP contribution < -0.4 is 4.74 Å². The molecule has 1 atom stereocenters. The summed E-state index contributed by atoms with van der Waals surface area (Å²) in [4.78, 5) is 20.7. The van der Waals surface area contributed by atoms with E-state index >= 15 is 0 Å². The molecule has 224 valence electrons. The first-order valence-corrected chi connectivity index (χ1v) is 15.8. The Labute approximate surface area is 244 Å². The van der Waals surface area contributed by atoms with E-state index in [4.69, 9.17) is 4.74 Å². The van der Waals surface area contributed by atoms with Crippen LogP contribution in [0, 0.1) is 11.6 Å². The first-order valence-electron chi connectivity index (χ1n) is 15.8. The number of nitrogens with zero attached hydrogens (tertiary/aromatic N) is 3. The third-order valence-corrected chi connectivity index (χ3v) is 9.49. The van der Waals surface area contributed by atoms with Crippen LogP contribution in [0.1, 0.15) is 76.3 Å². The number of hydrogen-bond acceptors (Lipinski definition) is 4. The topological polar surface area (TPSA) is 36.0 Å². The Kier molecular flexibility index (Phi) is 9.97. The number of likely N-dealkylation sites (tertiary alicyclic amines) is 1. The molecular formula is C34H47F2N3O2. The fraction of sp³-hybridized carbons (Fsp3) is 0.618. The minimum absolute atomic E-state index is 0.0648. The summed E-state index contributed by atoms with van der Waals surface area (Å²) in [5.74, 6) is -0.800. The van der Waals surface area contributed by atoms with Crippen molar-refractivity contribution in [3.05, 3.63) is 65.2 Å². The molecule has 5 rings (SSSR count). The van der Waals surface area contributed by atoms with Crippen LogP contribution in [0.4, 0.5) is 8.78 Å². The lowest BCUT2D eigenvalue weighted by atomic mass is 9.71. The molecule has 1 saturated carbocycles. The van der Waals surface area contributed by atoms with Gasteiger partial charge < -0.3 is 14.5 Å². The zero-order chi connectivity index (χ0) is 28.8. The predicted molar refractivity (Wildman–Crippen MR) is 159 cm³/mol. The van der Waals surface area contributed by atoms with E-state index in [9.17, 15) is 13.6 Å². The fourth-order valence-corrected chi connectivity index (χ4v) is 7.21. The van der Waals surface area contributed by atoms with Crippen LogP contribution in [0.2, 0.25) is 0 Å². The van der Waals surface area contributed by atoms with E-state index in [1.54, 1.807) is 6.07 Å². The fourth-order valence-electron chi connectivity index (χ4n) is 7.21. The maximum Gasteiger partial charge on any atom is 0.227 e. The lowest BCUT2D eigenvalue weighted by Gasteiger charge is -2.46. The number of carbonyl (C=O) groups is 1. The van der Waals surface area contributed by atoms with Gasteiger partial charge in [0.1, 0.15) is 5.75 Å². The summed E-state index contributed by atoms with van der Waals surface area (Å²) in [5.41, 5.74) is 1.33. The van der Waals surface area contributed by atoms with Crippen LogP contribution in [0.5, 0.6) is 5.75 Å². The molecular weight excluding hydrogens is 520 g/mol. The molecule has 2 aromatic rings. The van der Waals surface area contributed by atoms with Crippen molar-refractivity contribution in [2.45, 2.75) is 89.2 Å². The molecule has 3 fully saturated rings. The molecule has 3 aliphatic rings. The summed E-state index contributed by atoms with van der Waals surface area (Å²) in [5, 5.41) is 0. The third kappa shape index (κ3) is 7.66. The van der Waals surface area contributed by atoms with Crippen molar-refractivity contribution < 1.29 is 18.3 Å². The number of amides is 1. The molecule has 2 saturated heterocycles. The number of rotatable bonds is 9. The molecule has 0 bridgehead atoms. The van der Waals surface area contributed by atoms with Crippen molar-refractivity contribution in [3.8, 4) is 5.75 Å². The number of carbonyl (C=O) groups excluding carboxylic acids is 1. The second-order valence-electron chi connectivity index (χ2n) is 12.7. The summed E-state index contributed by atoms with van der Waals surface area (Å²) >= 11 is 0. The van der Waals surface area contributed by atoms with Crippen LogP contribution in [0.15, 0.2) is 42.5 Å². The van der Waals surface area contributed by atoms with Crippen molar-refractivity contribution in [2.24, 2.45) is 0 Å². The number of hydrogen-bond donors (Lipinski definition) is 0. The standard InChI is InChI=1S/C34H47F2N3O2/c1-26(2)41-30-11-6-8-27(22-30)23-33(40)39-16-7-14-34(25-39,28-12-13-31(35)32(36)24-28)15-17-37-18-20-38(21-19-37)29-9-4-3-5-10-29/h6,8,11-13,22,24,26,29H,3-5,7,9-10,14-21,23,25H2,1-2H3. The monoisotopic (exact) mass is 567 g/mol. The van der Waals surface area contributed by atoms with Gasteiger partial charge in [0.2, 0.25) is 5.91 Å². The molecule has 0 radical (unpaired) electrons. The summed E-state index contributed by atoms with van der Waals surface area (Å²) in [7, 11) is 0. The largest absolute Gasteiger partial charge is 0.491 e. The summed E-state index contributed by atoms with van der Waals surface area (Å²) in [6, 6.07) is 12.8. The van der Waals surface area contributed by atoms with Crippen molar-refractivity contribution >= 4 is 5.91 Å². The second kappa shape index (κ2) is 13.6. The first kappa shape index (κ1) is 30.0. The molecule has 5 nitrogen and oxygen atoms in total. The smallest absolute Gasteiger partial charge is 0.227 e. The van der Waals surface area contributed by atoms with E-state index in [0.717, 1.165) is 74.9 Å². The molecule has 41 heavy (non-hydrogen) atoms.